The van der Waals surface area contributed by atoms with Gasteiger partial charge >= 0.3 is 0 Å². The van der Waals surface area contributed by atoms with Gasteiger partial charge in [0.1, 0.15) is 5.78 Å². The lowest BCUT2D eigenvalue weighted by Crippen LogP contribution is -2.39. The Morgan fingerprint density at radius 1 is 1.31 bits per heavy atom. The van der Waals surface area contributed by atoms with Gasteiger partial charge in [-0.1, -0.05) is 12.8 Å². The summed E-state index contributed by atoms with van der Waals surface area (Å²) in [5.74, 6) is -0.361. The fraction of sp³-hybridized carbons (Fsp3) is 0.778. The van der Waals surface area contributed by atoms with Crippen LogP contribution in [0, 0.1) is 5.92 Å². The average molecular weight is 184 g/mol. The number of ketones is 1. The highest BCUT2D eigenvalue weighted by Crippen LogP contribution is 2.26. The number of hydrogen-bond acceptors (Lipinski definition) is 3. The van der Waals surface area contributed by atoms with Gasteiger partial charge < -0.3 is 11.5 Å². The van der Waals surface area contributed by atoms with Crippen molar-refractivity contribution in [2.24, 2.45) is 17.4 Å². The van der Waals surface area contributed by atoms with E-state index in [1.54, 1.807) is 0 Å². The number of hydrogen-bond donors (Lipinski definition) is 2. The van der Waals surface area contributed by atoms with Gasteiger partial charge in [-0.3, -0.25) is 9.59 Å². The topological polar surface area (TPSA) is 86.2 Å². The van der Waals surface area contributed by atoms with E-state index in [1.807, 2.05) is 0 Å². The molecule has 0 aromatic rings. The van der Waals surface area contributed by atoms with E-state index >= 15 is 0 Å². The molecular formula is C9H16N2O2. The first kappa shape index (κ1) is 10.2. The molecule has 13 heavy (non-hydrogen) atoms. The van der Waals surface area contributed by atoms with Crippen molar-refractivity contribution in [3.05, 3.63) is 0 Å². The highest BCUT2D eigenvalue weighted by atomic mass is 16.1. The third-order valence-corrected chi connectivity index (χ3v) is 2.60. The van der Waals surface area contributed by atoms with E-state index in [1.165, 1.54) is 0 Å². The zero-order valence-corrected chi connectivity index (χ0v) is 7.66. The quantitative estimate of drug-likeness (QED) is 0.642. The number of rotatable bonds is 4. The lowest BCUT2D eigenvalue weighted by atomic mass is 9.97. The lowest BCUT2D eigenvalue weighted by Gasteiger charge is -2.10. The summed E-state index contributed by atoms with van der Waals surface area (Å²) in [4.78, 5) is 22.1. The van der Waals surface area contributed by atoms with Crippen LogP contribution in [0.1, 0.15) is 32.1 Å². The molecule has 4 N–H and O–H groups in total. The predicted molar refractivity (Wildman–Crippen MR) is 48.8 cm³/mol. The smallest absolute Gasteiger partial charge is 0.234 e. The standard InChI is InChI=1S/C9H16N2O2/c10-7(9(11)13)5-8(12)6-3-1-2-4-6/h6-7H,1-5,10H2,(H2,11,13). The van der Waals surface area contributed by atoms with Crippen molar-refractivity contribution in [1.82, 2.24) is 0 Å². The van der Waals surface area contributed by atoms with Crippen molar-refractivity contribution >= 4 is 11.7 Å². The largest absolute Gasteiger partial charge is 0.368 e. The van der Waals surface area contributed by atoms with Gasteiger partial charge in [0, 0.05) is 12.3 Å². The van der Waals surface area contributed by atoms with Crippen LogP contribution in [-0.2, 0) is 9.59 Å². The highest BCUT2D eigenvalue weighted by molar-refractivity contribution is 5.89. The molecule has 74 valence electrons. The van der Waals surface area contributed by atoms with Crippen LogP contribution in [0.3, 0.4) is 0 Å². The molecule has 1 aliphatic carbocycles. The molecule has 4 nitrogen and oxygen atoms in total. The molecule has 0 aromatic carbocycles. The van der Waals surface area contributed by atoms with E-state index in [9.17, 15) is 9.59 Å². The molecule has 1 rings (SSSR count). The molecule has 1 amide bonds. The van der Waals surface area contributed by atoms with Crippen LogP contribution < -0.4 is 11.5 Å². The lowest BCUT2D eigenvalue weighted by molar-refractivity contribution is -0.127. The van der Waals surface area contributed by atoms with Crippen LogP contribution in [0.4, 0.5) is 0 Å². The maximum atomic E-state index is 11.5. The van der Waals surface area contributed by atoms with E-state index in [0.29, 0.717) is 0 Å². The molecule has 4 heteroatoms. The summed E-state index contributed by atoms with van der Waals surface area (Å²) in [7, 11) is 0. The van der Waals surface area contributed by atoms with Crippen molar-refractivity contribution in [2.75, 3.05) is 0 Å². The Morgan fingerprint density at radius 2 is 1.85 bits per heavy atom. The predicted octanol–water partition coefficient (Wildman–Crippen LogP) is -0.0516. The molecule has 0 aliphatic heterocycles. The summed E-state index contributed by atoms with van der Waals surface area (Å²) in [5, 5.41) is 0. The third-order valence-electron chi connectivity index (χ3n) is 2.60. The number of Topliss-reactive ketones (excluding diaryl/α,β-unsaturated/α-hetero) is 1. The Balaban J connectivity index is 2.35. The summed E-state index contributed by atoms with van der Waals surface area (Å²) in [6, 6.07) is -0.798. The van der Waals surface area contributed by atoms with Gasteiger partial charge in [0.25, 0.3) is 0 Å². The molecule has 1 fully saturated rings. The number of carbonyl (C=O) groups is 2. The van der Waals surface area contributed by atoms with Crippen molar-refractivity contribution in [1.29, 1.82) is 0 Å². The molecule has 1 atom stereocenters. The Kier molecular flexibility index (Phi) is 3.42. The molecule has 0 aromatic heterocycles. The van der Waals surface area contributed by atoms with Gasteiger partial charge in [0.2, 0.25) is 5.91 Å². The van der Waals surface area contributed by atoms with Crippen molar-refractivity contribution < 1.29 is 9.59 Å². The molecule has 1 aliphatic rings. The van der Waals surface area contributed by atoms with E-state index in [2.05, 4.69) is 0 Å². The number of carbonyl (C=O) groups excluding carboxylic acids is 2. The van der Waals surface area contributed by atoms with Crippen LogP contribution in [0.2, 0.25) is 0 Å². The average Bonchev–Trinajstić information content (AvgIpc) is 2.55. The molecule has 0 radical (unpaired) electrons. The molecular weight excluding hydrogens is 168 g/mol. The molecule has 1 saturated carbocycles. The van der Waals surface area contributed by atoms with Crippen molar-refractivity contribution in [2.45, 2.75) is 38.1 Å². The normalized spacial score (nSPS) is 20.1. The fourth-order valence-corrected chi connectivity index (χ4v) is 1.73. The van der Waals surface area contributed by atoms with Gasteiger partial charge in [-0.15, -0.1) is 0 Å². The maximum absolute atomic E-state index is 11.5. The van der Waals surface area contributed by atoms with Gasteiger partial charge in [-0.2, -0.15) is 0 Å². The van der Waals surface area contributed by atoms with E-state index in [0.717, 1.165) is 25.7 Å². The monoisotopic (exact) mass is 184 g/mol. The van der Waals surface area contributed by atoms with Gasteiger partial charge in [0.05, 0.1) is 6.04 Å². The van der Waals surface area contributed by atoms with E-state index in [4.69, 9.17) is 11.5 Å². The number of nitrogens with two attached hydrogens (primary N) is 2. The minimum absolute atomic E-state index is 0.101. The molecule has 0 saturated heterocycles. The first-order valence-corrected chi connectivity index (χ1v) is 4.69. The molecule has 0 heterocycles. The first-order valence-electron chi connectivity index (χ1n) is 4.69. The molecule has 1 unspecified atom stereocenters. The van der Waals surface area contributed by atoms with E-state index < -0.39 is 11.9 Å². The Labute approximate surface area is 77.7 Å². The second-order valence-corrected chi connectivity index (χ2v) is 3.66. The Hall–Kier alpha value is -0.900. The summed E-state index contributed by atoms with van der Waals surface area (Å²) >= 11 is 0. The van der Waals surface area contributed by atoms with E-state index in [-0.39, 0.29) is 18.1 Å². The Morgan fingerprint density at radius 3 is 2.31 bits per heavy atom. The highest BCUT2D eigenvalue weighted by Gasteiger charge is 2.25. The third kappa shape index (κ3) is 2.81. The number of primary amides is 1. The van der Waals surface area contributed by atoms with Crippen LogP contribution in [-0.4, -0.2) is 17.7 Å². The van der Waals surface area contributed by atoms with Gasteiger partial charge in [-0.25, -0.2) is 0 Å². The summed E-state index contributed by atoms with van der Waals surface area (Å²) in [5.41, 5.74) is 10.4. The second-order valence-electron chi connectivity index (χ2n) is 3.66. The first-order chi connectivity index (χ1) is 6.11. The SMILES string of the molecule is NC(=O)C(N)CC(=O)C1CCCC1. The summed E-state index contributed by atoms with van der Waals surface area (Å²) in [6.45, 7) is 0. The van der Waals surface area contributed by atoms with Crippen LogP contribution in [0.5, 0.6) is 0 Å². The van der Waals surface area contributed by atoms with Crippen LogP contribution in [0.15, 0.2) is 0 Å². The minimum atomic E-state index is -0.798. The van der Waals surface area contributed by atoms with Crippen LogP contribution in [0.25, 0.3) is 0 Å². The molecule has 0 bridgehead atoms. The van der Waals surface area contributed by atoms with Crippen molar-refractivity contribution in [3.8, 4) is 0 Å². The molecule has 0 spiro atoms. The zero-order chi connectivity index (χ0) is 9.84. The van der Waals surface area contributed by atoms with Crippen LogP contribution >= 0.6 is 0 Å². The Bertz CT molecular complexity index is 210. The van der Waals surface area contributed by atoms with Gasteiger partial charge in [0.15, 0.2) is 0 Å². The summed E-state index contributed by atoms with van der Waals surface area (Å²) < 4.78 is 0. The second kappa shape index (κ2) is 4.37. The fourth-order valence-electron chi connectivity index (χ4n) is 1.73. The van der Waals surface area contributed by atoms with Crippen molar-refractivity contribution in [3.63, 3.8) is 0 Å². The minimum Gasteiger partial charge on any atom is -0.368 e. The summed E-state index contributed by atoms with van der Waals surface area (Å²) in [6.07, 6.45) is 4.24. The number of amides is 1. The maximum Gasteiger partial charge on any atom is 0.234 e. The zero-order valence-electron chi connectivity index (χ0n) is 7.66. The van der Waals surface area contributed by atoms with Gasteiger partial charge in [-0.05, 0) is 12.8 Å².